The van der Waals surface area contributed by atoms with Gasteiger partial charge >= 0.3 is 0 Å². The molecule has 0 aromatic heterocycles. The number of hydrogen-bond acceptors (Lipinski definition) is 2. The largest absolute Gasteiger partial charge is 0.457 e. The van der Waals surface area contributed by atoms with Crippen molar-refractivity contribution in [3.05, 3.63) is 59.7 Å². The molecule has 1 atom stereocenters. The van der Waals surface area contributed by atoms with E-state index in [4.69, 9.17) is 4.74 Å². The third-order valence-electron chi connectivity index (χ3n) is 3.77. The second kappa shape index (κ2) is 7.84. The average molecular weight is 283 g/mol. The predicted octanol–water partition coefficient (Wildman–Crippen LogP) is 5.10. The highest BCUT2D eigenvalue weighted by Gasteiger charge is 2.10. The Morgan fingerprint density at radius 3 is 2.62 bits per heavy atom. The van der Waals surface area contributed by atoms with Crippen molar-refractivity contribution in [2.24, 2.45) is 0 Å². The lowest BCUT2D eigenvalue weighted by Gasteiger charge is -2.16. The molecular formula is C19H25NO. The van der Waals surface area contributed by atoms with Gasteiger partial charge in [0, 0.05) is 6.54 Å². The first-order valence-electron chi connectivity index (χ1n) is 7.81. The van der Waals surface area contributed by atoms with Crippen molar-refractivity contribution in [2.75, 3.05) is 6.54 Å². The van der Waals surface area contributed by atoms with Crippen LogP contribution < -0.4 is 10.1 Å². The number of benzene rings is 2. The third kappa shape index (κ3) is 4.33. The van der Waals surface area contributed by atoms with Crippen LogP contribution in [0.15, 0.2) is 48.5 Å². The van der Waals surface area contributed by atoms with Crippen molar-refractivity contribution in [3.63, 3.8) is 0 Å². The molecule has 112 valence electrons. The first kappa shape index (κ1) is 15.6. The second-order valence-corrected chi connectivity index (χ2v) is 5.38. The molecule has 2 nitrogen and oxygen atoms in total. The fourth-order valence-electron chi connectivity index (χ4n) is 2.32. The Morgan fingerprint density at radius 2 is 1.86 bits per heavy atom. The molecule has 0 amide bonds. The molecule has 1 unspecified atom stereocenters. The van der Waals surface area contributed by atoms with Crippen molar-refractivity contribution in [1.29, 1.82) is 0 Å². The van der Waals surface area contributed by atoms with E-state index in [0.29, 0.717) is 5.92 Å². The zero-order valence-electron chi connectivity index (χ0n) is 13.2. The summed E-state index contributed by atoms with van der Waals surface area (Å²) < 4.78 is 6.13. The molecular weight excluding hydrogens is 258 g/mol. The number of para-hydroxylation sites is 1. The zero-order chi connectivity index (χ0) is 15.1. The summed E-state index contributed by atoms with van der Waals surface area (Å²) in [5.74, 6) is 2.37. The maximum atomic E-state index is 6.13. The molecule has 2 heteroatoms. The van der Waals surface area contributed by atoms with Gasteiger partial charge < -0.3 is 10.1 Å². The standard InChI is InChI=1S/C19H25NO/c1-4-15(3)18-11-6-7-12-19(18)21-17-10-8-9-16(13-17)14-20-5-2/h6-13,15,20H,4-5,14H2,1-3H3. The predicted molar refractivity (Wildman–Crippen MR) is 89.0 cm³/mol. The van der Waals surface area contributed by atoms with Gasteiger partial charge in [0.05, 0.1) is 0 Å². The Balaban J connectivity index is 2.18. The molecule has 2 aromatic carbocycles. The molecule has 21 heavy (non-hydrogen) atoms. The van der Waals surface area contributed by atoms with Gasteiger partial charge in [0.15, 0.2) is 0 Å². The van der Waals surface area contributed by atoms with E-state index >= 15 is 0 Å². The number of ether oxygens (including phenoxy) is 1. The van der Waals surface area contributed by atoms with E-state index in [1.165, 1.54) is 11.1 Å². The van der Waals surface area contributed by atoms with E-state index in [9.17, 15) is 0 Å². The van der Waals surface area contributed by atoms with E-state index in [0.717, 1.165) is 31.0 Å². The van der Waals surface area contributed by atoms with Crippen LogP contribution in [-0.4, -0.2) is 6.54 Å². The van der Waals surface area contributed by atoms with Crippen LogP contribution in [0, 0.1) is 0 Å². The fraction of sp³-hybridized carbons (Fsp3) is 0.368. The first-order valence-corrected chi connectivity index (χ1v) is 7.81. The van der Waals surface area contributed by atoms with Crippen molar-refractivity contribution >= 4 is 0 Å². The topological polar surface area (TPSA) is 21.3 Å². The van der Waals surface area contributed by atoms with Gasteiger partial charge in [-0.25, -0.2) is 0 Å². The minimum atomic E-state index is 0.506. The summed E-state index contributed by atoms with van der Waals surface area (Å²) in [4.78, 5) is 0. The molecule has 2 rings (SSSR count). The van der Waals surface area contributed by atoms with Gasteiger partial charge in [-0.3, -0.25) is 0 Å². The Kier molecular flexibility index (Phi) is 5.82. The maximum absolute atomic E-state index is 6.13. The normalized spacial score (nSPS) is 12.1. The fourth-order valence-corrected chi connectivity index (χ4v) is 2.32. The Labute approximate surface area is 128 Å². The lowest BCUT2D eigenvalue weighted by molar-refractivity contribution is 0.469. The van der Waals surface area contributed by atoms with Gasteiger partial charge in [-0.05, 0) is 48.2 Å². The smallest absolute Gasteiger partial charge is 0.130 e. The molecule has 0 radical (unpaired) electrons. The van der Waals surface area contributed by atoms with Gasteiger partial charge in [0.25, 0.3) is 0 Å². The second-order valence-electron chi connectivity index (χ2n) is 5.38. The molecule has 0 aliphatic rings. The minimum absolute atomic E-state index is 0.506. The molecule has 1 N–H and O–H groups in total. The van der Waals surface area contributed by atoms with Crippen LogP contribution in [-0.2, 0) is 6.54 Å². The van der Waals surface area contributed by atoms with Crippen molar-refractivity contribution in [1.82, 2.24) is 5.32 Å². The molecule has 0 heterocycles. The summed E-state index contributed by atoms with van der Waals surface area (Å²) in [7, 11) is 0. The van der Waals surface area contributed by atoms with Crippen LogP contribution in [0.25, 0.3) is 0 Å². The SMILES string of the molecule is CCNCc1cccc(Oc2ccccc2C(C)CC)c1. The Morgan fingerprint density at radius 1 is 1.05 bits per heavy atom. The quantitative estimate of drug-likeness (QED) is 0.763. The Bertz CT molecular complexity index is 565. The monoisotopic (exact) mass is 283 g/mol. The van der Waals surface area contributed by atoms with E-state index in [1.54, 1.807) is 0 Å². The van der Waals surface area contributed by atoms with E-state index in [2.05, 4.69) is 56.4 Å². The van der Waals surface area contributed by atoms with Crippen molar-refractivity contribution < 1.29 is 4.74 Å². The van der Waals surface area contributed by atoms with Crippen LogP contribution >= 0.6 is 0 Å². The summed E-state index contributed by atoms with van der Waals surface area (Å²) in [5.41, 5.74) is 2.52. The summed E-state index contributed by atoms with van der Waals surface area (Å²) in [6, 6.07) is 16.6. The van der Waals surface area contributed by atoms with Crippen LogP contribution in [0.5, 0.6) is 11.5 Å². The zero-order valence-corrected chi connectivity index (χ0v) is 13.2. The van der Waals surface area contributed by atoms with Gasteiger partial charge in [-0.15, -0.1) is 0 Å². The van der Waals surface area contributed by atoms with Crippen molar-refractivity contribution in [2.45, 2.75) is 39.7 Å². The molecule has 0 saturated carbocycles. The van der Waals surface area contributed by atoms with Crippen molar-refractivity contribution in [3.8, 4) is 11.5 Å². The summed E-state index contributed by atoms with van der Waals surface area (Å²) in [5, 5.41) is 3.34. The highest BCUT2D eigenvalue weighted by molar-refractivity contribution is 5.40. The van der Waals surface area contributed by atoms with Gasteiger partial charge in [-0.1, -0.05) is 51.1 Å². The molecule has 0 bridgehead atoms. The summed E-state index contributed by atoms with van der Waals surface area (Å²) in [6.45, 7) is 8.41. The third-order valence-corrected chi connectivity index (χ3v) is 3.77. The molecule has 0 saturated heterocycles. The summed E-state index contributed by atoms with van der Waals surface area (Å²) in [6.07, 6.45) is 1.11. The Hall–Kier alpha value is -1.80. The highest BCUT2D eigenvalue weighted by Crippen LogP contribution is 2.32. The van der Waals surface area contributed by atoms with Crippen LogP contribution in [0.2, 0.25) is 0 Å². The lowest BCUT2D eigenvalue weighted by Crippen LogP contribution is -2.11. The molecule has 0 spiro atoms. The molecule has 0 fully saturated rings. The number of nitrogens with one attached hydrogen (secondary N) is 1. The minimum Gasteiger partial charge on any atom is -0.457 e. The summed E-state index contributed by atoms with van der Waals surface area (Å²) >= 11 is 0. The first-order chi connectivity index (χ1) is 10.2. The van der Waals surface area contributed by atoms with Crippen LogP contribution in [0.3, 0.4) is 0 Å². The van der Waals surface area contributed by atoms with E-state index in [1.807, 2.05) is 18.2 Å². The molecule has 0 aliphatic heterocycles. The van der Waals surface area contributed by atoms with E-state index in [-0.39, 0.29) is 0 Å². The average Bonchev–Trinajstić information content (AvgIpc) is 2.53. The number of hydrogen-bond donors (Lipinski definition) is 1. The van der Waals surface area contributed by atoms with Gasteiger partial charge in [0.2, 0.25) is 0 Å². The number of rotatable bonds is 7. The van der Waals surface area contributed by atoms with Gasteiger partial charge in [-0.2, -0.15) is 0 Å². The lowest BCUT2D eigenvalue weighted by atomic mass is 9.98. The maximum Gasteiger partial charge on any atom is 0.130 e. The van der Waals surface area contributed by atoms with Crippen LogP contribution in [0.1, 0.15) is 44.2 Å². The van der Waals surface area contributed by atoms with E-state index < -0.39 is 0 Å². The van der Waals surface area contributed by atoms with Crippen LogP contribution in [0.4, 0.5) is 0 Å². The molecule has 0 aliphatic carbocycles. The van der Waals surface area contributed by atoms with Gasteiger partial charge in [0.1, 0.15) is 11.5 Å². The molecule has 2 aromatic rings. The highest BCUT2D eigenvalue weighted by atomic mass is 16.5.